The Morgan fingerprint density at radius 3 is 1.28 bits per heavy atom. The molecule has 0 saturated carbocycles. The molecule has 2 heterocycles. The minimum atomic E-state index is -4.72. The summed E-state index contributed by atoms with van der Waals surface area (Å²) in [7, 11) is -9.45. The van der Waals surface area contributed by atoms with Gasteiger partial charge in [-0.1, -0.05) is 84.9 Å². The van der Waals surface area contributed by atoms with Crippen molar-refractivity contribution in [3.8, 4) is 33.9 Å². The molecule has 0 atom stereocenters. The van der Waals surface area contributed by atoms with Gasteiger partial charge in [0.15, 0.2) is 0 Å². The van der Waals surface area contributed by atoms with Crippen molar-refractivity contribution < 1.29 is 25.9 Å². The molecule has 222 valence electrons. The first-order valence-corrected chi connectivity index (χ1v) is 15.8. The zero-order chi connectivity index (χ0) is 30.9. The second-order valence-corrected chi connectivity index (χ2v) is 12.3. The SMILES string of the molecule is O=S(=O)(O)c1cc(-n2ncc(-c3ccccc3)n2)ccc1C=Cc1ccc(-n2ncc(-c3ccccc3)n2)cc1S(=O)(=O)O.[K].[Na]. The molecule has 0 aliphatic carbocycles. The first-order valence-electron chi connectivity index (χ1n) is 12.9. The zero-order valence-corrected chi connectivity index (χ0v) is 31.3. The molecule has 46 heavy (non-hydrogen) atoms. The monoisotopic (exact) mass is 688 g/mol. The first-order chi connectivity index (χ1) is 21.1. The van der Waals surface area contributed by atoms with E-state index in [0.29, 0.717) is 11.4 Å². The van der Waals surface area contributed by atoms with Crippen LogP contribution in [0.25, 0.3) is 46.0 Å². The number of benzene rings is 4. The van der Waals surface area contributed by atoms with Crippen LogP contribution in [0.3, 0.4) is 0 Å². The van der Waals surface area contributed by atoms with Crippen molar-refractivity contribution in [1.29, 1.82) is 0 Å². The van der Waals surface area contributed by atoms with Crippen molar-refractivity contribution in [2.45, 2.75) is 9.79 Å². The average molecular weight is 689 g/mol. The van der Waals surface area contributed by atoms with E-state index in [1.165, 1.54) is 58.4 Å². The van der Waals surface area contributed by atoms with E-state index in [-0.39, 0.29) is 103 Å². The number of aromatic nitrogens is 6. The number of hydrogen-bond acceptors (Lipinski definition) is 8. The van der Waals surface area contributed by atoms with Crippen LogP contribution in [-0.2, 0) is 20.2 Å². The van der Waals surface area contributed by atoms with Crippen LogP contribution >= 0.6 is 0 Å². The van der Waals surface area contributed by atoms with Gasteiger partial charge >= 0.3 is 0 Å². The molecule has 16 heteroatoms. The molecule has 2 radical (unpaired) electrons. The molecule has 0 amide bonds. The van der Waals surface area contributed by atoms with Gasteiger partial charge in [-0.3, -0.25) is 9.11 Å². The first kappa shape index (κ1) is 36.2. The fourth-order valence-corrected chi connectivity index (χ4v) is 5.86. The summed E-state index contributed by atoms with van der Waals surface area (Å²) < 4.78 is 69.3. The van der Waals surface area contributed by atoms with Crippen molar-refractivity contribution >= 4 is 113 Å². The van der Waals surface area contributed by atoms with Crippen molar-refractivity contribution in [3.05, 3.63) is 121 Å². The maximum absolute atomic E-state index is 12.3. The largest absolute Gasteiger partial charge is 0.295 e. The molecule has 0 bridgehead atoms. The van der Waals surface area contributed by atoms with Gasteiger partial charge in [0.1, 0.15) is 21.2 Å². The summed E-state index contributed by atoms with van der Waals surface area (Å²) in [4.78, 5) is 1.55. The molecular weight excluding hydrogens is 667 g/mol. The predicted molar refractivity (Wildman–Crippen MR) is 174 cm³/mol. The van der Waals surface area contributed by atoms with Gasteiger partial charge in [-0.05, 0) is 35.4 Å². The summed E-state index contributed by atoms with van der Waals surface area (Å²) in [6, 6.07) is 26.9. The minimum absolute atomic E-state index is 0. The van der Waals surface area contributed by atoms with Gasteiger partial charge in [-0.25, -0.2) is 0 Å². The van der Waals surface area contributed by atoms with E-state index >= 15 is 0 Å². The zero-order valence-electron chi connectivity index (χ0n) is 24.6. The van der Waals surface area contributed by atoms with Crippen LogP contribution in [0.5, 0.6) is 0 Å². The maximum atomic E-state index is 12.3. The summed E-state index contributed by atoms with van der Waals surface area (Å²) in [6.45, 7) is 0. The van der Waals surface area contributed by atoms with E-state index in [2.05, 4.69) is 20.4 Å². The van der Waals surface area contributed by atoms with Crippen LogP contribution in [0.2, 0.25) is 0 Å². The Kier molecular flexibility index (Phi) is 11.9. The van der Waals surface area contributed by atoms with Gasteiger partial charge in [0.05, 0.1) is 23.8 Å². The van der Waals surface area contributed by atoms with Crippen molar-refractivity contribution in [2.24, 2.45) is 0 Å². The van der Waals surface area contributed by atoms with Crippen LogP contribution in [0.4, 0.5) is 0 Å². The summed E-state index contributed by atoms with van der Waals surface area (Å²) in [5.41, 5.74) is 3.39. The molecule has 0 fully saturated rings. The Balaban J connectivity index is 0.00000240. The second-order valence-electron chi connectivity index (χ2n) is 9.50. The molecule has 0 unspecified atom stereocenters. The molecule has 0 spiro atoms. The summed E-state index contributed by atoms with van der Waals surface area (Å²) in [5.74, 6) is 0. The van der Waals surface area contributed by atoms with Gasteiger partial charge in [-0.2, -0.15) is 36.6 Å². The Labute approximate surface area is 329 Å². The van der Waals surface area contributed by atoms with Gasteiger partial charge in [-0.15, -0.1) is 10.2 Å². The summed E-state index contributed by atoms with van der Waals surface area (Å²) in [6.07, 6.45) is 5.67. The molecule has 0 saturated heterocycles. The predicted octanol–water partition coefficient (Wildman–Crippen LogP) is 4.08. The van der Waals surface area contributed by atoms with E-state index in [1.54, 1.807) is 12.1 Å². The van der Waals surface area contributed by atoms with Gasteiger partial charge in [0.25, 0.3) is 20.2 Å². The van der Waals surface area contributed by atoms with Crippen molar-refractivity contribution in [2.75, 3.05) is 0 Å². The van der Waals surface area contributed by atoms with Crippen LogP contribution in [0.1, 0.15) is 11.1 Å². The van der Waals surface area contributed by atoms with Crippen molar-refractivity contribution in [3.63, 3.8) is 0 Å². The van der Waals surface area contributed by atoms with Gasteiger partial charge in [0.2, 0.25) is 0 Å². The third-order valence-corrected chi connectivity index (χ3v) is 8.40. The van der Waals surface area contributed by atoms with Crippen molar-refractivity contribution in [1.82, 2.24) is 30.0 Å². The molecule has 0 aliphatic heterocycles. The molecule has 2 N–H and O–H groups in total. The fraction of sp³-hybridized carbons (Fsp3) is 0. The normalized spacial score (nSPS) is 11.6. The third-order valence-electron chi connectivity index (χ3n) is 6.58. The number of nitrogens with zero attached hydrogens (tertiary/aromatic N) is 6. The quantitative estimate of drug-likeness (QED) is 0.135. The Bertz CT molecular complexity index is 2080. The molecule has 4 aromatic carbocycles. The van der Waals surface area contributed by atoms with Crippen LogP contribution in [0, 0.1) is 0 Å². The summed E-state index contributed by atoms with van der Waals surface area (Å²) in [5, 5.41) is 17.2. The maximum Gasteiger partial charge on any atom is 0.295 e. The Morgan fingerprint density at radius 2 is 0.935 bits per heavy atom. The molecule has 2 aromatic heterocycles. The molecule has 6 aromatic rings. The smallest absolute Gasteiger partial charge is 0.282 e. The van der Waals surface area contributed by atoms with E-state index in [4.69, 9.17) is 0 Å². The minimum Gasteiger partial charge on any atom is -0.282 e. The van der Waals surface area contributed by atoms with Crippen LogP contribution in [0.15, 0.2) is 119 Å². The molecule has 6 rings (SSSR count). The van der Waals surface area contributed by atoms with E-state index in [1.807, 2.05) is 60.7 Å². The average Bonchev–Trinajstić information content (AvgIpc) is 3.71. The number of rotatable bonds is 8. The Hall–Kier alpha value is -2.64. The fourth-order valence-electron chi connectivity index (χ4n) is 4.45. The Morgan fingerprint density at radius 1 is 0.565 bits per heavy atom. The van der Waals surface area contributed by atoms with Gasteiger partial charge in [0, 0.05) is 92.1 Å². The van der Waals surface area contributed by atoms with E-state index in [0.717, 1.165) is 11.1 Å². The van der Waals surface area contributed by atoms with Gasteiger partial charge < -0.3 is 0 Å². The molecule has 12 nitrogen and oxygen atoms in total. The van der Waals surface area contributed by atoms with E-state index < -0.39 is 30.0 Å². The topological polar surface area (TPSA) is 170 Å². The molecular formula is C30H22KN6NaO6S2. The number of hydrogen-bond donors (Lipinski definition) is 2. The summed E-state index contributed by atoms with van der Waals surface area (Å²) >= 11 is 0. The standard InChI is InChI=1S/C30H22N6O6S2.K.Na/c37-43(38,39)29-17-25(35-31-19-27(33-35)21-7-3-1-4-8-21)15-13-23(29)11-12-24-14-16-26(18-30(24)44(40,41)42)36-32-20-28(34-36)22-9-5-2-6-10-22;;/h1-20H,(H,37,38,39)(H,40,41,42);;. The van der Waals surface area contributed by atoms with E-state index in [9.17, 15) is 25.9 Å². The van der Waals surface area contributed by atoms with Crippen LogP contribution in [-0.4, -0.2) is 137 Å². The molecule has 0 aliphatic rings. The second kappa shape index (κ2) is 15.1. The van der Waals surface area contributed by atoms with Crippen LogP contribution < -0.4 is 0 Å². The third kappa shape index (κ3) is 8.25.